The van der Waals surface area contributed by atoms with E-state index in [2.05, 4.69) is 15.3 Å². The first-order valence-corrected chi connectivity index (χ1v) is 4.21. The van der Waals surface area contributed by atoms with Gasteiger partial charge >= 0.3 is 6.09 Å². The first-order valence-electron chi connectivity index (χ1n) is 4.21. The van der Waals surface area contributed by atoms with Crippen LogP contribution in [0.2, 0.25) is 0 Å². The van der Waals surface area contributed by atoms with Gasteiger partial charge in [-0.2, -0.15) is 5.10 Å². The zero-order valence-electron chi connectivity index (χ0n) is 7.46. The van der Waals surface area contributed by atoms with Crippen molar-refractivity contribution in [3.8, 4) is 0 Å². The summed E-state index contributed by atoms with van der Waals surface area (Å²) in [4.78, 5) is 10.8. The van der Waals surface area contributed by atoms with Crippen LogP contribution in [0.25, 0.3) is 0 Å². The van der Waals surface area contributed by atoms with E-state index in [9.17, 15) is 4.79 Å². The molecule has 1 aliphatic carbocycles. The predicted octanol–water partition coefficient (Wildman–Crippen LogP) is 1.52. The van der Waals surface area contributed by atoms with Gasteiger partial charge in [-0.05, 0) is 32.6 Å². The van der Waals surface area contributed by atoms with Crippen LogP contribution >= 0.6 is 0 Å². The molecule has 0 unspecified atom stereocenters. The van der Waals surface area contributed by atoms with Crippen molar-refractivity contribution in [3.05, 3.63) is 0 Å². The number of nitrogens with one attached hydrogen (secondary N) is 1. The standard InChI is InChI=1S/C8H14N2O2/c1-3-12-8(11)10-9-6(2)7-4-5-7/h7H,3-5H2,1-2H3,(H,10,11)/b9-6+. The molecule has 0 atom stereocenters. The highest BCUT2D eigenvalue weighted by molar-refractivity contribution is 5.87. The number of rotatable bonds is 3. The van der Waals surface area contributed by atoms with Gasteiger partial charge in [0, 0.05) is 5.71 Å². The lowest BCUT2D eigenvalue weighted by molar-refractivity contribution is 0.152. The second kappa shape index (κ2) is 4.09. The summed E-state index contributed by atoms with van der Waals surface area (Å²) < 4.78 is 4.64. The third-order valence-electron chi connectivity index (χ3n) is 1.77. The average molecular weight is 170 g/mol. The van der Waals surface area contributed by atoms with Crippen LogP contribution in [0.4, 0.5) is 4.79 Å². The Labute approximate surface area is 72.0 Å². The molecule has 0 spiro atoms. The van der Waals surface area contributed by atoms with Gasteiger partial charge in [0.1, 0.15) is 0 Å². The second-order valence-corrected chi connectivity index (χ2v) is 2.86. The highest BCUT2D eigenvalue weighted by Crippen LogP contribution is 2.30. The van der Waals surface area contributed by atoms with E-state index in [0.717, 1.165) is 5.71 Å². The van der Waals surface area contributed by atoms with Crippen molar-refractivity contribution in [2.75, 3.05) is 6.61 Å². The average Bonchev–Trinajstić information content (AvgIpc) is 2.83. The molecule has 0 aromatic rings. The minimum atomic E-state index is -0.475. The van der Waals surface area contributed by atoms with Crippen LogP contribution < -0.4 is 5.43 Å². The van der Waals surface area contributed by atoms with Crippen LogP contribution in [0.15, 0.2) is 5.10 Å². The van der Waals surface area contributed by atoms with E-state index in [4.69, 9.17) is 0 Å². The summed E-state index contributed by atoms with van der Waals surface area (Å²) >= 11 is 0. The highest BCUT2D eigenvalue weighted by atomic mass is 16.5. The largest absolute Gasteiger partial charge is 0.449 e. The topological polar surface area (TPSA) is 50.7 Å². The van der Waals surface area contributed by atoms with E-state index >= 15 is 0 Å². The Bertz CT molecular complexity index is 197. The molecule has 0 aromatic carbocycles. The van der Waals surface area contributed by atoms with E-state index in [-0.39, 0.29) is 0 Å². The molecular formula is C8H14N2O2. The molecule has 68 valence electrons. The van der Waals surface area contributed by atoms with Crippen molar-refractivity contribution in [1.29, 1.82) is 0 Å². The summed E-state index contributed by atoms with van der Waals surface area (Å²) in [7, 11) is 0. The van der Waals surface area contributed by atoms with Crippen molar-refractivity contribution in [3.63, 3.8) is 0 Å². The quantitative estimate of drug-likeness (QED) is 0.515. The van der Waals surface area contributed by atoms with Crippen molar-refractivity contribution < 1.29 is 9.53 Å². The Balaban J connectivity index is 2.21. The summed E-state index contributed by atoms with van der Waals surface area (Å²) in [6.07, 6.45) is 1.91. The Morgan fingerprint density at radius 1 is 1.67 bits per heavy atom. The molecule has 0 aromatic heterocycles. The van der Waals surface area contributed by atoms with E-state index in [1.165, 1.54) is 12.8 Å². The smallest absolute Gasteiger partial charge is 0.427 e. The third-order valence-corrected chi connectivity index (χ3v) is 1.77. The number of hydrazone groups is 1. The fourth-order valence-electron chi connectivity index (χ4n) is 0.890. The molecule has 1 fully saturated rings. The minimum absolute atomic E-state index is 0.379. The Morgan fingerprint density at radius 3 is 2.83 bits per heavy atom. The lowest BCUT2D eigenvalue weighted by Crippen LogP contribution is -2.20. The number of amides is 1. The fourth-order valence-corrected chi connectivity index (χ4v) is 0.890. The number of hydrogen-bond acceptors (Lipinski definition) is 3. The van der Waals surface area contributed by atoms with Gasteiger partial charge < -0.3 is 4.74 Å². The van der Waals surface area contributed by atoms with E-state index in [1.807, 2.05) is 6.92 Å². The molecular weight excluding hydrogens is 156 g/mol. The molecule has 12 heavy (non-hydrogen) atoms. The molecule has 0 aliphatic heterocycles. The van der Waals surface area contributed by atoms with Crippen LogP contribution in [0.5, 0.6) is 0 Å². The van der Waals surface area contributed by atoms with E-state index in [0.29, 0.717) is 12.5 Å². The summed E-state index contributed by atoms with van der Waals surface area (Å²) in [6.45, 7) is 4.06. The van der Waals surface area contributed by atoms with Crippen LogP contribution in [0, 0.1) is 5.92 Å². The maximum absolute atomic E-state index is 10.8. The third kappa shape index (κ3) is 2.90. The lowest BCUT2D eigenvalue weighted by Gasteiger charge is -2.00. The van der Waals surface area contributed by atoms with Gasteiger partial charge in [-0.15, -0.1) is 0 Å². The molecule has 1 amide bonds. The van der Waals surface area contributed by atoms with Crippen LogP contribution in [-0.4, -0.2) is 18.4 Å². The molecule has 0 bridgehead atoms. The second-order valence-electron chi connectivity index (χ2n) is 2.86. The predicted molar refractivity (Wildman–Crippen MR) is 46.0 cm³/mol. The van der Waals surface area contributed by atoms with E-state index < -0.39 is 6.09 Å². The minimum Gasteiger partial charge on any atom is -0.449 e. The lowest BCUT2D eigenvalue weighted by atomic mass is 10.3. The van der Waals surface area contributed by atoms with E-state index in [1.54, 1.807) is 6.92 Å². The summed E-state index contributed by atoms with van der Waals surface area (Å²) in [5.74, 6) is 0.590. The molecule has 1 aliphatic rings. The van der Waals surface area contributed by atoms with Crippen LogP contribution in [0.3, 0.4) is 0 Å². The monoisotopic (exact) mass is 170 g/mol. The number of nitrogens with zero attached hydrogens (tertiary/aromatic N) is 1. The van der Waals surface area contributed by atoms with Crippen LogP contribution in [-0.2, 0) is 4.74 Å². The Morgan fingerprint density at radius 2 is 2.33 bits per heavy atom. The fraction of sp³-hybridized carbons (Fsp3) is 0.750. The van der Waals surface area contributed by atoms with Gasteiger partial charge in [-0.3, -0.25) is 0 Å². The van der Waals surface area contributed by atoms with Gasteiger partial charge in [0.25, 0.3) is 0 Å². The maximum Gasteiger partial charge on any atom is 0.427 e. The molecule has 1 N–H and O–H groups in total. The zero-order chi connectivity index (χ0) is 8.97. The number of hydrogen-bond donors (Lipinski definition) is 1. The number of carbonyl (C=O) groups is 1. The Hall–Kier alpha value is -1.06. The molecule has 0 saturated heterocycles. The highest BCUT2D eigenvalue weighted by Gasteiger charge is 2.24. The van der Waals surface area contributed by atoms with Gasteiger partial charge in [0.15, 0.2) is 0 Å². The summed E-state index contributed by atoms with van der Waals surface area (Å²) in [6, 6.07) is 0. The molecule has 0 heterocycles. The van der Waals surface area contributed by atoms with Crippen molar-refractivity contribution in [2.45, 2.75) is 26.7 Å². The van der Waals surface area contributed by atoms with Crippen molar-refractivity contribution in [2.24, 2.45) is 11.0 Å². The van der Waals surface area contributed by atoms with Crippen LogP contribution in [0.1, 0.15) is 26.7 Å². The Kier molecular flexibility index (Phi) is 3.08. The van der Waals surface area contributed by atoms with Gasteiger partial charge in [-0.25, -0.2) is 10.2 Å². The van der Waals surface area contributed by atoms with Crippen molar-refractivity contribution >= 4 is 11.8 Å². The van der Waals surface area contributed by atoms with Crippen molar-refractivity contribution in [1.82, 2.24) is 5.43 Å². The van der Waals surface area contributed by atoms with Gasteiger partial charge in [0.2, 0.25) is 0 Å². The molecule has 4 heteroatoms. The zero-order valence-corrected chi connectivity index (χ0v) is 7.46. The SMILES string of the molecule is CCOC(=O)N/N=C(\C)C1CC1. The summed E-state index contributed by atoms with van der Waals surface area (Å²) in [5.41, 5.74) is 3.32. The molecule has 0 radical (unpaired) electrons. The van der Waals surface area contributed by atoms with Gasteiger partial charge in [-0.1, -0.05) is 0 Å². The first kappa shape index (κ1) is 9.03. The van der Waals surface area contributed by atoms with Gasteiger partial charge in [0.05, 0.1) is 6.61 Å². The molecule has 1 saturated carbocycles. The normalized spacial score (nSPS) is 17.3. The number of carbonyl (C=O) groups excluding carboxylic acids is 1. The number of ether oxygens (including phenoxy) is 1. The molecule has 4 nitrogen and oxygen atoms in total. The molecule has 1 rings (SSSR count). The maximum atomic E-state index is 10.8. The summed E-state index contributed by atoms with van der Waals surface area (Å²) in [5, 5.41) is 3.90. The first-order chi connectivity index (χ1) is 5.74.